The Morgan fingerprint density at radius 1 is 1.03 bits per heavy atom. The Kier molecular flexibility index (Phi) is 6.27. The number of carbonyl (C=O) groups excluding carboxylic acids is 2. The number of carbonyl (C=O) groups is 2. The van der Waals surface area contributed by atoms with Crippen LogP contribution in [0.3, 0.4) is 0 Å². The van der Waals surface area contributed by atoms with Gasteiger partial charge in [-0.15, -0.1) is 0 Å². The highest BCUT2D eigenvalue weighted by molar-refractivity contribution is 6.09. The molecule has 1 unspecified atom stereocenters. The smallest absolute Gasteiger partial charge is 0.416 e. The Labute approximate surface area is 212 Å². The van der Waals surface area contributed by atoms with Crippen molar-refractivity contribution in [1.82, 2.24) is 5.32 Å². The van der Waals surface area contributed by atoms with E-state index in [2.05, 4.69) is 10.6 Å². The summed E-state index contributed by atoms with van der Waals surface area (Å²) in [5.74, 6) is -0.698. The Morgan fingerprint density at radius 2 is 1.81 bits per heavy atom. The van der Waals surface area contributed by atoms with Crippen molar-refractivity contribution in [3.8, 4) is 11.3 Å². The van der Waals surface area contributed by atoms with E-state index < -0.39 is 17.7 Å². The molecule has 0 fully saturated rings. The molecule has 1 aliphatic carbocycles. The average Bonchev–Trinajstić information content (AvgIpc) is 3.34. The van der Waals surface area contributed by atoms with Crippen LogP contribution in [0.1, 0.15) is 49.0 Å². The molecular weight excluding hydrogens is 481 g/mol. The summed E-state index contributed by atoms with van der Waals surface area (Å²) < 4.78 is 45.9. The maximum atomic E-state index is 13.6. The van der Waals surface area contributed by atoms with Gasteiger partial charge in [0.1, 0.15) is 11.5 Å². The molecule has 1 aromatic heterocycles. The Hall–Kier alpha value is -4.07. The molecule has 1 atom stereocenters. The molecule has 2 aliphatic rings. The van der Waals surface area contributed by atoms with Crippen molar-refractivity contribution < 1.29 is 27.2 Å². The van der Waals surface area contributed by atoms with Gasteiger partial charge in [-0.2, -0.15) is 13.2 Å². The first-order valence-corrected chi connectivity index (χ1v) is 12.0. The summed E-state index contributed by atoms with van der Waals surface area (Å²) in [6, 6.07) is 15.4. The Bertz CT molecular complexity index is 1460. The van der Waals surface area contributed by atoms with Crippen LogP contribution in [0.4, 0.5) is 18.9 Å². The number of aryl methyl sites for hydroxylation is 1. The quantitative estimate of drug-likeness (QED) is 0.405. The molecule has 2 N–H and O–H groups in total. The van der Waals surface area contributed by atoms with Crippen molar-refractivity contribution in [1.29, 1.82) is 0 Å². The molecule has 8 heteroatoms. The number of furan rings is 1. The first kappa shape index (κ1) is 24.6. The topological polar surface area (TPSA) is 71.3 Å². The number of hydrogen-bond donors (Lipinski definition) is 2. The summed E-state index contributed by atoms with van der Waals surface area (Å²) in [6.45, 7) is 3.66. The summed E-state index contributed by atoms with van der Waals surface area (Å²) in [7, 11) is 0. The molecule has 2 aromatic carbocycles. The van der Waals surface area contributed by atoms with Gasteiger partial charge in [0.05, 0.1) is 17.1 Å². The lowest BCUT2D eigenvalue weighted by molar-refractivity contribution is -0.137. The lowest BCUT2D eigenvalue weighted by atomic mass is 9.77. The zero-order valence-electron chi connectivity index (χ0n) is 20.3. The second-order valence-corrected chi connectivity index (χ2v) is 9.32. The zero-order valence-corrected chi connectivity index (χ0v) is 20.3. The van der Waals surface area contributed by atoms with Crippen LogP contribution >= 0.6 is 0 Å². The molecule has 1 amide bonds. The van der Waals surface area contributed by atoms with Gasteiger partial charge in [0, 0.05) is 34.6 Å². The number of anilines is 1. The number of alkyl halides is 3. The number of halogens is 3. The van der Waals surface area contributed by atoms with Crippen LogP contribution in [0.15, 0.2) is 87.6 Å². The largest absolute Gasteiger partial charge is 0.460 e. The van der Waals surface area contributed by atoms with Gasteiger partial charge < -0.3 is 15.1 Å². The fourth-order valence-corrected chi connectivity index (χ4v) is 4.98. The minimum absolute atomic E-state index is 0.0792. The van der Waals surface area contributed by atoms with Gasteiger partial charge >= 0.3 is 6.18 Å². The van der Waals surface area contributed by atoms with Crippen molar-refractivity contribution in [2.45, 2.75) is 45.2 Å². The maximum absolute atomic E-state index is 13.6. The van der Waals surface area contributed by atoms with Crippen LogP contribution in [-0.2, 0) is 15.8 Å². The molecule has 2 heterocycles. The van der Waals surface area contributed by atoms with Crippen LogP contribution < -0.4 is 10.6 Å². The molecular formula is C29H25F3N2O3. The van der Waals surface area contributed by atoms with E-state index in [1.54, 1.807) is 25.1 Å². The molecule has 0 saturated heterocycles. The number of nitrogens with one attached hydrogen (secondary N) is 2. The summed E-state index contributed by atoms with van der Waals surface area (Å²) in [5, 5.41) is 6.20. The molecule has 0 radical (unpaired) electrons. The van der Waals surface area contributed by atoms with Gasteiger partial charge in [0.15, 0.2) is 5.78 Å². The normalized spacial score (nSPS) is 18.0. The lowest BCUT2D eigenvalue weighted by Gasteiger charge is -2.33. The molecule has 3 aromatic rings. The minimum atomic E-state index is -4.49. The van der Waals surface area contributed by atoms with E-state index in [4.69, 9.17) is 4.42 Å². The molecule has 0 spiro atoms. The van der Waals surface area contributed by atoms with E-state index >= 15 is 0 Å². The Morgan fingerprint density at radius 3 is 2.57 bits per heavy atom. The van der Waals surface area contributed by atoms with E-state index in [0.29, 0.717) is 47.6 Å². The number of rotatable bonds is 4. The van der Waals surface area contributed by atoms with Crippen LogP contribution in [0.25, 0.3) is 11.3 Å². The van der Waals surface area contributed by atoms with Gasteiger partial charge in [-0.3, -0.25) is 9.59 Å². The van der Waals surface area contributed by atoms with E-state index in [1.807, 2.05) is 25.1 Å². The van der Waals surface area contributed by atoms with Crippen molar-refractivity contribution in [2.24, 2.45) is 0 Å². The fraction of sp³-hybridized carbons (Fsp3) is 0.241. The van der Waals surface area contributed by atoms with Gasteiger partial charge in [0.2, 0.25) is 0 Å². The Balaban J connectivity index is 1.57. The van der Waals surface area contributed by atoms with Gasteiger partial charge in [-0.25, -0.2) is 0 Å². The highest BCUT2D eigenvalue weighted by Gasteiger charge is 2.40. The van der Waals surface area contributed by atoms with Crippen molar-refractivity contribution >= 4 is 17.4 Å². The average molecular weight is 507 g/mol. The highest BCUT2D eigenvalue weighted by atomic mass is 19.4. The van der Waals surface area contributed by atoms with Gasteiger partial charge in [-0.1, -0.05) is 30.3 Å². The summed E-state index contributed by atoms with van der Waals surface area (Å²) in [4.78, 5) is 26.7. The second kappa shape index (κ2) is 9.42. The fourth-order valence-electron chi connectivity index (χ4n) is 4.98. The number of benzene rings is 2. The van der Waals surface area contributed by atoms with Crippen LogP contribution in [-0.4, -0.2) is 11.7 Å². The number of Topliss-reactive ketones (excluding diaryl/α,β-unsaturated/α-hetero) is 1. The van der Waals surface area contributed by atoms with Crippen molar-refractivity contribution in [2.75, 3.05) is 5.32 Å². The molecule has 5 rings (SSSR count). The third-order valence-electron chi connectivity index (χ3n) is 6.80. The first-order valence-electron chi connectivity index (χ1n) is 12.0. The van der Waals surface area contributed by atoms with E-state index in [1.165, 1.54) is 12.1 Å². The number of ketones is 1. The maximum Gasteiger partial charge on any atom is 0.416 e. The van der Waals surface area contributed by atoms with Gasteiger partial charge in [-0.05, 0) is 62.6 Å². The van der Waals surface area contributed by atoms with Crippen LogP contribution in [0.2, 0.25) is 0 Å². The number of dihydropyridines is 1. The summed E-state index contributed by atoms with van der Waals surface area (Å²) >= 11 is 0. The number of allylic oxidation sites excluding steroid dienone is 3. The zero-order chi connectivity index (χ0) is 26.3. The van der Waals surface area contributed by atoms with Gasteiger partial charge in [0.25, 0.3) is 5.91 Å². The third-order valence-corrected chi connectivity index (χ3v) is 6.80. The predicted molar refractivity (Wildman–Crippen MR) is 133 cm³/mol. The highest BCUT2D eigenvalue weighted by Crippen LogP contribution is 2.44. The molecule has 190 valence electrons. The van der Waals surface area contributed by atoms with Crippen LogP contribution in [0, 0.1) is 6.92 Å². The summed E-state index contributed by atoms with van der Waals surface area (Å²) in [6.07, 6.45) is -2.79. The molecule has 1 aliphatic heterocycles. The molecule has 5 nitrogen and oxygen atoms in total. The number of amides is 1. The number of para-hydroxylation sites is 1. The molecule has 0 saturated carbocycles. The first-order chi connectivity index (χ1) is 17.6. The SMILES string of the molecule is CC1=C(C(=O)Nc2ccccc2C)C(c2ccc(-c3cccc(C(F)(F)F)c3)o2)C2=C(CCCC2=O)N1. The number of hydrogen-bond acceptors (Lipinski definition) is 4. The van der Waals surface area contributed by atoms with E-state index in [-0.39, 0.29) is 23.0 Å². The third kappa shape index (κ3) is 4.71. The lowest BCUT2D eigenvalue weighted by Crippen LogP contribution is -2.35. The van der Waals surface area contributed by atoms with Crippen molar-refractivity contribution in [3.05, 3.63) is 100 Å². The molecule has 37 heavy (non-hydrogen) atoms. The van der Waals surface area contributed by atoms with E-state index in [0.717, 1.165) is 23.4 Å². The predicted octanol–water partition coefficient (Wildman–Crippen LogP) is 6.88. The van der Waals surface area contributed by atoms with Crippen LogP contribution in [0.5, 0.6) is 0 Å². The monoisotopic (exact) mass is 506 g/mol. The standard InChI is InChI=1S/C29H25F3N2O3/c1-16-7-3-4-10-20(16)34-28(36)25-17(2)33-21-11-6-12-22(35)26(21)27(25)24-14-13-23(37-24)18-8-5-9-19(15-18)29(30,31)32/h3-5,7-10,13-15,27,33H,6,11-12H2,1-2H3,(H,34,36). The van der Waals surface area contributed by atoms with E-state index in [9.17, 15) is 22.8 Å². The molecule has 0 bridgehead atoms. The van der Waals surface area contributed by atoms with Crippen molar-refractivity contribution in [3.63, 3.8) is 0 Å². The minimum Gasteiger partial charge on any atom is -0.460 e. The second-order valence-electron chi connectivity index (χ2n) is 9.32. The summed E-state index contributed by atoms with van der Waals surface area (Å²) in [5.41, 5.74) is 3.15.